The molecular formula is C9H19ClN2O2. The molecule has 1 aliphatic rings. The molecule has 2 N–H and O–H groups in total. The molecule has 0 aromatic rings. The second-order valence-electron chi connectivity index (χ2n) is 3.53. The molecule has 4 nitrogen and oxygen atoms in total. The highest BCUT2D eigenvalue weighted by Gasteiger charge is 2.17. The third-order valence-corrected chi connectivity index (χ3v) is 2.47. The molecule has 0 aliphatic carbocycles. The molecule has 0 bridgehead atoms. The predicted octanol–water partition coefficient (Wildman–Crippen LogP) is 0.252. The van der Waals surface area contributed by atoms with E-state index in [1.165, 1.54) is 0 Å². The maximum atomic E-state index is 11.2. The number of nitrogens with zero attached hydrogens (tertiary/aromatic N) is 1. The van der Waals surface area contributed by atoms with Gasteiger partial charge in [0.15, 0.2) is 0 Å². The summed E-state index contributed by atoms with van der Waals surface area (Å²) in [5.41, 5.74) is 5.26. The number of likely N-dealkylation sites (N-methyl/N-ethyl adjacent to an activating group) is 1. The van der Waals surface area contributed by atoms with Crippen molar-refractivity contribution in [2.24, 2.45) is 11.7 Å². The van der Waals surface area contributed by atoms with Crippen LogP contribution in [-0.4, -0.2) is 44.2 Å². The summed E-state index contributed by atoms with van der Waals surface area (Å²) < 4.78 is 5.24. The average molecular weight is 223 g/mol. The summed E-state index contributed by atoms with van der Waals surface area (Å²) in [4.78, 5) is 12.9. The van der Waals surface area contributed by atoms with Crippen molar-refractivity contribution in [2.75, 3.05) is 33.4 Å². The number of carbonyl (C=O) groups excluding carboxylic acids is 1. The maximum Gasteiger partial charge on any atom is 0.236 e. The Morgan fingerprint density at radius 3 is 2.57 bits per heavy atom. The highest BCUT2D eigenvalue weighted by atomic mass is 35.5. The van der Waals surface area contributed by atoms with Gasteiger partial charge in [0.2, 0.25) is 5.91 Å². The van der Waals surface area contributed by atoms with Crippen molar-refractivity contribution in [3.8, 4) is 0 Å². The molecule has 1 saturated heterocycles. The lowest BCUT2D eigenvalue weighted by atomic mass is 10.00. The van der Waals surface area contributed by atoms with E-state index in [2.05, 4.69) is 0 Å². The van der Waals surface area contributed by atoms with Crippen molar-refractivity contribution in [2.45, 2.75) is 12.8 Å². The third kappa shape index (κ3) is 4.26. The molecule has 1 amide bonds. The lowest BCUT2D eigenvalue weighted by molar-refractivity contribution is -0.129. The zero-order chi connectivity index (χ0) is 9.68. The van der Waals surface area contributed by atoms with Gasteiger partial charge in [-0.3, -0.25) is 4.79 Å². The second-order valence-corrected chi connectivity index (χ2v) is 3.53. The third-order valence-electron chi connectivity index (χ3n) is 2.47. The molecule has 0 unspecified atom stereocenters. The van der Waals surface area contributed by atoms with Gasteiger partial charge in [-0.15, -0.1) is 12.4 Å². The molecule has 0 spiro atoms. The fourth-order valence-corrected chi connectivity index (χ4v) is 1.57. The molecule has 0 aromatic carbocycles. The van der Waals surface area contributed by atoms with Crippen LogP contribution in [0.2, 0.25) is 0 Å². The number of rotatable bonds is 3. The van der Waals surface area contributed by atoms with Gasteiger partial charge in [0.05, 0.1) is 6.54 Å². The quantitative estimate of drug-likeness (QED) is 0.745. The SMILES string of the molecule is CN(CC1CCOCC1)C(=O)CN.Cl. The predicted molar refractivity (Wildman–Crippen MR) is 57.5 cm³/mol. The molecule has 0 radical (unpaired) electrons. The lowest BCUT2D eigenvalue weighted by Gasteiger charge is -2.26. The molecule has 1 fully saturated rings. The van der Waals surface area contributed by atoms with Crippen LogP contribution in [-0.2, 0) is 9.53 Å². The Morgan fingerprint density at radius 2 is 2.07 bits per heavy atom. The molecule has 0 saturated carbocycles. The van der Waals surface area contributed by atoms with Crippen molar-refractivity contribution >= 4 is 18.3 Å². The van der Waals surface area contributed by atoms with E-state index in [0.717, 1.165) is 32.6 Å². The molecule has 14 heavy (non-hydrogen) atoms. The maximum absolute atomic E-state index is 11.2. The van der Waals surface area contributed by atoms with Crippen molar-refractivity contribution < 1.29 is 9.53 Å². The first-order valence-electron chi connectivity index (χ1n) is 4.76. The van der Waals surface area contributed by atoms with E-state index in [4.69, 9.17) is 10.5 Å². The first kappa shape index (κ1) is 13.7. The van der Waals surface area contributed by atoms with Crippen LogP contribution in [0.15, 0.2) is 0 Å². The Hall–Kier alpha value is -0.320. The van der Waals surface area contributed by atoms with Gasteiger partial charge < -0.3 is 15.4 Å². The van der Waals surface area contributed by atoms with Crippen LogP contribution in [0.5, 0.6) is 0 Å². The van der Waals surface area contributed by atoms with Gasteiger partial charge in [-0.2, -0.15) is 0 Å². The zero-order valence-corrected chi connectivity index (χ0v) is 9.39. The lowest BCUT2D eigenvalue weighted by Crippen LogP contribution is -2.37. The number of hydrogen-bond acceptors (Lipinski definition) is 3. The van der Waals surface area contributed by atoms with E-state index in [9.17, 15) is 4.79 Å². The highest BCUT2D eigenvalue weighted by molar-refractivity contribution is 5.85. The zero-order valence-electron chi connectivity index (χ0n) is 8.57. The Labute approximate surface area is 91.2 Å². The Morgan fingerprint density at radius 1 is 1.50 bits per heavy atom. The first-order chi connectivity index (χ1) is 6.24. The first-order valence-corrected chi connectivity index (χ1v) is 4.76. The number of ether oxygens (including phenoxy) is 1. The summed E-state index contributed by atoms with van der Waals surface area (Å²) in [6.07, 6.45) is 2.12. The summed E-state index contributed by atoms with van der Waals surface area (Å²) in [5.74, 6) is 0.612. The Bertz CT molecular complexity index is 172. The van der Waals surface area contributed by atoms with Crippen LogP contribution in [0.4, 0.5) is 0 Å². The number of amides is 1. The van der Waals surface area contributed by atoms with E-state index in [0.29, 0.717) is 5.92 Å². The van der Waals surface area contributed by atoms with Crippen LogP contribution >= 0.6 is 12.4 Å². The van der Waals surface area contributed by atoms with Gasteiger partial charge >= 0.3 is 0 Å². The van der Waals surface area contributed by atoms with Crippen LogP contribution < -0.4 is 5.73 Å². The summed E-state index contributed by atoms with van der Waals surface area (Å²) in [5, 5.41) is 0. The summed E-state index contributed by atoms with van der Waals surface area (Å²) in [6, 6.07) is 0. The van der Waals surface area contributed by atoms with Gasteiger partial charge in [-0.1, -0.05) is 0 Å². The molecule has 1 aliphatic heterocycles. The van der Waals surface area contributed by atoms with Crippen molar-refractivity contribution in [3.63, 3.8) is 0 Å². The van der Waals surface area contributed by atoms with Gasteiger partial charge in [0.1, 0.15) is 0 Å². The summed E-state index contributed by atoms with van der Waals surface area (Å²) >= 11 is 0. The molecule has 0 aromatic heterocycles. The van der Waals surface area contributed by atoms with E-state index in [-0.39, 0.29) is 24.9 Å². The van der Waals surface area contributed by atoms with E-state index in [1.807, 2.05) is 7.05 Å². The average Bonchev–Trinajstić information content (AvgIpc) is 2.18. The highest BCUT2D eigenvalue weighted by Crippen LogP contribution is 2.15. The minimum atomic E-state index is 0. The van der Waals surface area contributed by atoms with Crippen LogP contribution in [0.25, 0.3) is 0 Å². The van der Waals surface area contributed by atoms with Gasteiger partial charge in [0.25, 0.3) is 0 Å². The fraction of sp³-hybridized carbons (Fsp3) is 0.889. The molecular weight excluding hydrogens is 204 g/mol. The number of hydrogen-bond donors (Lipinski definition) is 1. The largest absolute Gasteiger partial charge is 0.381 e. The molecule has 0 atom stereocenters. The van der Waals surface area contributed by atoms with E-state index >= 15 is 0 Å². The fourth-order valence-electron chi connectivity index (χ4n) is 1.57. The Balaban J connectivity index is 0.00000169. The van der Waals surface area contributed by atoms with Crippen LogP contribution in [0.3, 0.4) is 0 Å². The van der Waals surface area contributed by atoms with Gasteiger partial charge in [-0.05, 0) is 18.8 Å². The van der Waals surface area contributed by atoms with Crippen molar-refractivity contribution in [1.29, 1.82) is 0 Å². The second kappa shape index (κ2) is 7.04. The topological polar surface area (TPSA) is 55.6 Å². The van der Waals surface area contributed by atoms with Crippen LogP contribution in [0.1, 0.15) is 12.8 Å². The minimum absolute atomic E-state index is 0. The van der Waals surface area contributed by atoms with E-state index in [1.54, 1.807) is 4.90 Å². The van der Waals surface area contributed by atoms with Gasteiger partial charge in [0, 0.05) is 26.8 Å². The van der Waals surface area contributed by atoms with Gasteiger partial charge in [-0.25, -0.2) is 0 Å². The monoisotopic (exact) mass is 222 g/mol. The van der Waals surface area contributed by atoms with Crippen molar-refractivity contribution in [1.82, 2.24) is 4.90 Å². The summed E-state index contributed by atoms with van der Waals surface area (Å²) in [6.45, 7) is 2.59. The number of carbonyl (C=O) groups is 1. The standard InChI is InChI=1S/C9H18N2O2.ClH/c1-11(9(12)6-10)7-8-2-4-13-5-3-8;/h8H,2-7,10H2,1H3;1H. The number of halogens is 1. The normalized spacial score (nSPS) is 17.3. The number of nitrogens with two attached hydrogens (primary N) is 1. The Kier molecular flexibility index (Phi) is 6.87. The van der Waals surface area contributed by atoms with Crippen LogP contribution in [0, 0.1) is 5.92 Å². The molecule has 84 valence electrons. The molecule has 1 rings (SSSR count). The molecule has 5 heteroatoms. The van der Waals surface area contributed by atoms with Crippen molar-refractivity contribution in [3.05, 3.63) is 0 Å². The van der Waals surface area contributed by atoms with E-state index < -0.39 is 0 Å². The minimum Gasteiger partial charge on any atom is -0.381 e. The summed E-state index contributed by atoms with van der Waals surface area (Å²) in [7, 11) is 1.81. The smallest absolute Gasteiger partial charge is 0.236 e. The molecule has 1 heterocycles.